The number of hydrogen-bond acceptors (Lipinski definition) is 3. The molecule has 0 aliphatic rings. The number of phenolic OH excluding ortho intramolecular Hbond substituents is 1. The summed E-state index contributed by atoms with van der Waals surface area (Å²) in [6.45, 7) is 1.42. The average Bonchev–Trinajstić information content (AvgIpc) is 2.09. The zero-order chi connectivity index (χ0) is 10.0. The van der Waals surface area contributed by atoms with Gasteiger partial charge in [-0.25, -0.2) is 0 Å². The number of ether oxygens (including phenoxy) is 1. The third-order valence-corrected chi connectivity index (χ3v) is 1.94. The van der Waals surface area contributed by atoms with Gasteiger partial charge in [0.2, 0.25) is 0 Å². The molecule has 0 aliphatic heterocycles. The van der Waals surface area contributed by atoms with Crippen LogP contribution in [0.25, 0.3) is 0 Å². The fourth-order valence-electron chi connectivity index (χ4n) is 0.933. The lowest BCUT2D eigenvalue weighted by molar-refractivity contribution is 0.101. The van der Waals surface area contributed by atoms with Gasteiger partial charge in [0.05, 0.1) is 12.1 Å². The molecule has 0 aliphatic carbocycles. The Kier molecular flexibility index (Phi) is 2.78. The van der Waals surface area contributed by atoms with Crippen molar-refractivity contribution in [3.05, 3.63) is 22.7 Å². The van der Waals surface area contributed by atoms with Crippen LogP contribution in [0.1, 0.15) is 17.3 Å². The Morgan fingerprint density at radius 2 is 2.15 bits per heavy atom. The summed E-state index contributed by atoms with van der Waals surface area (Å²) in [5, 5.41) is 9.45. The molecule has 0 bridgehead atoms. The second kappa shape index (κ2) is 3.66. The predicted molar refractivity (Wildman–Crippen MR) is 49.7 cm³/mol. The van der Waals surface area contributed by atoms with Gasteiger partial charge >= 0.3 is 0 Å². The Hall–Kier alpha value is -1.22. The number of hydrogen-bond donors (Lipinski definition) is 1. The molecule has 13 heavy (non-hydrogen) atoms. The average molecular weight is 201 g/mol. The standard InChI is InChI=1S/C9H9ClO3/c1-5(11)6-3-7(10)9(12)8(4-6)13-2/h3-4,12H,1-2H3. The van der Waals surface area contributed by atoms with Crippen LogP contribution in [0.5, 0.6) is 11.5 Å². The van der Waals surface area contributed by atoms with Crippen LogP contribution in [-0.4, -0.2) is 18.0 Å². The number of ketones is 1. The summed E-state index contributed by atoms with van der Waals surface area (Å²) in [6, 6.07) is 2.85. The summed E-state index contributed by atoms with van der Waals surface area (Å²) in [6.07, 6.45) is 0. The van der Waals surface area contributed by atoms with Crippen LogP contribution in [0, 0.1) is 0 Å². The Morgan fingerprint density at radius 3 is 2.62 bits per heavy atom. The number of benzene rings is 1. The van der Waals surface area contributed by atoms with Crippen LogP contribution in [0.3, 0.4) is 0 Å². The second-order valence-electron chi connectivity index (χ2n) is 2.57. The van der Waals surface area contributed by atoms with E-state index in [2.05, 4.69) is 0 Å². The lowest BCUT2D eigenvalue weighted by Gasteiger charge is -2.06. The maximum atomic E-state index is 11.0. The summed E-state index contributed by atoms with van der Waals surface area (Å²) >= 11 is 5.66. The number of phenols is 1. The van der Waals surface area contributed by atoms with E-state index in [9.17, 15) is 9.90 Å². The van der Waals surface area contributed by atoms with E-state index in [1.165, 1.54) is 26.2 Å². The molecule has 70 valence electrons. The zero-order valence-corrected chi connectivity index (χ0v) is 8.05. The van der Waals surface area contributed by atoms with Crippen molar-refractivity contribution in [2.75, 3.05) is 7.11 Å². The van der Waals surface area contributed by atoms with Crippen LogP contribution >= 0.6 is 11.6 Å². The summed E-state index contributed by atoms with van der Waals surface area (Å²) < 4.78 is 4.83. The molecule has 0 heterocycles. The Labute approximate surface area is 80.9 Å². The van der Waals surface area contributed by atoms with E-state index in [1.54, 1.807) is 0 Å². The number of carbonyl (C=O) groups excluding carboxylic acids is 1. The minimum atomic E-state index is -0.144. The van der Waals surface area contributed by atoms with Crippen molar-refractivity contribution in [1.82, 2.24) is 0 Å². The molecule has 0 amide bonds. The van der Waals surface area contributed by atoms with Gasteiger partial charge in [-0.05, 0) is 19.1 Å². The van der Waals surface area contributed by atoms with E-state index in [4.69, 9.17) is 16.3 Å². The summed E-state index contributed by atoms with van der Waals surface area (Å²) in [4.78, 5) is 11.0. The van der Waals surface area contributed by atoms with E-state index >= 15 is 0 Å². The van der Waals surface area contributed by atoms with Gasteiger partial charge in [-0.2, -0.15) is 0 Å². The van der Waals surface area contributed by atoms with Crippen molar-refractivity contribution < 1.29 is 14.6 Å². The lowest BCUT2D eigenvalue weighted by Crippen LogP contribution is -1.94. The molecule has 3 nitrogen and oxygen atoms in total. The molecular formula is C9H9ClO3. The molecule has 0 aromatic heterocycles. The van der Waals surface area contributed by atoms with Crippen molar-refractivity contribution in [3.8, 4) is 11.5 Å². The first kappa shape index (κ1) is 9.86. The molecule has 1 rings (SSSR count). The van der Waals surface area contributed by atoms with Crippen LogP contribution in [-0.2, 0) is 0 Å². The predicted octanol–water partition coefficient (Wildman–Crippen LogP) is 2.26. The summed E-state index contributed by atoms with van der Waals surface area (Å²) in [5.74, 6) is -0.0629. The first-order chi connectivity index (χ1) is 6.06. The molecule has 4 heteroatoms. The van der Waals surface area contributed by atoms with Gasteiger partial charge in [0.1, 0.15) is 0 Å². The van der Waals surface area contributed by atoms with Crippen molar-refractivity contribution in [3.63, 3.8) is 0 Å². The van der Waals surface area contributed by atoms with E-state index in [1.807, 2.05) is 0 Å². The molecule has 0 radical (unpaired) electrons. The molecule has 1 aromatic carbocycles. The van der Waals surface area contributed by atoms with Crippen molar-refractivity contribution in [2.45, 2.75) is 6.92 Å². The molecule has 0 saturated carbocycles. The molecule has 1 aromatic rings. The molecule has 0 unspecified atom stereocenters. The maximum absolute atomic E-state index is 11.0. The maximum Gasteiger partial charge on any atom is 0.176 e. The number of methoxy groups -OCH3 is 1. The van der Waals surface area contributed by atoms with Gasteiger partial charge < -0.3 is 9.84 Å². The highest BCUT2D eigenvalue weighted by Crippen LogP contribution is 2.34. The van der Waals surface area contributed by atoms with Crippen molar-refractivity contribution in [1.29, 1.82) is 0 Å². The van der Waals surface area contributed by atoms with Crippen LogP contribution in [0.15, 0.2) is 12.1 Å². The summed E-state index contributed by atoms with van der Waals surface area (Å²) in [7, 11) is 1.40. The Balaban J connectivity index is 3.30. The highest BCUT2D eigenvalue weighted by Gasteiger charge is 2.10. The van der Waals surface area contributed by atoms with Gasteiger partial charge in [-0.3, -0.25) is 4.79 Å². The van der Waals surface area contributed by atoms with E-state index in [0.717, 1.165) is 0 Å². The topological polar surface area (TPSA) is 46.5 Å². The highest BCUT2D eigenvalue weighted by molar-refractivity contribution is 6.32. The van der Waals surface area contributed by atoms with Crippen LogP contribution < -0.4 is 4.74 Å². The van der Waals surface area contributed by atoms with Crippen molar-refractivity contribution >= 4 is 17.4 Å². The van der Waals surface area contributed by atoms with Gasteiger partial charge in [-0.15, -0.1) is 0 Å². The van der Waals surface area contributed by atoms with Gasteiger partial charge in [0, 0.05) is 5.56 Å². The minimum Gasteiger partial charge on any atom is -0.503 e. The third-order valence-electron chi connectivity index (χ3n) is 1.65. The molecule has 0 spiro atoms. The minimum absolute atomic E-state index is 0.115. The SMILES string of the molecule is COc1cc(C(C)=O)cc(Cl)c1O. The van der Waals surface area contributed by atoms with Crippen LogP contribution in [0.4, 0.5) is 0 Å². The number of halogens is 1. The number of aromatic hydroxyl groups is 1. The fraction of sp³-hybridized carbons (Fsp3) is 0.222. The van der Waals surface area contributed by atoms with E-state index < -0.39 is 0 Å². The number of rotatable bonds is 2. The molecule has 0 atom stereocenters. The van der Waals surface area contributed by atoms with Crippen LogP contribution in [0.2, 0.25) is 5.02 Å². The van der Waals surface area contributed by atoms with E-state index in [-0.39, 0.29) is 22.3 Å². The molecule has 0 saturated heterocycles. The van der Waals surface area contributed by atoms with Gasteiger partial charge in [-0.1, -0.05) is 11.6 Å². The van der Waals surface area contributed by atoms with E-state index in [0.29, 0.717) is 5.56 Å². The Morgan fingerprint density at radius 1 is 1.54 bits per heavy atom. The molecule has 0 fully saturated rings. The monoisotopic (exact) mass is 200 g/mol. The van der Waals surface area contributed by atoms with Crippen molar-refractivity contribution in [2.24, 2.45) is 0 Å². The van der Waals surface area contributed by atoms with Gasteiger partial charge in [0.25, 0.3) is 0 Å². The second-order valence-corrected chi connectivity index (χ2v) is 2.97. The van der Waals surface area contributed by atoms with Gasteiger partial charge in [0.15, 0.2) is 17.3 Å². The third kappa shape index (κ3) is 1.92. The first-order valence-electron chi connectivity index (χ1n) is 3.63. The lowest BCUT2D eigenvalue weighted by atomic mass is 10.1. The number of Topliss-reactive ketones (excluding diaryl/α,β-unsaturated/α-hetero) is 1. The quantitative estimate of drug-likeness (QED) is 0.745. The first-order valence-corrected chi connectivity index (χ1v) is 4.01. The Bertz CT molecular complexity index is 347. The molecule has 1 N–H and O–H groups in total. The highest BCUT2D eigenvalue weighted by atomic mass is 35.5. The molecular weight excluding hydrogens is 192 g/mol. The fourth-order valence-corrected chi connectivity index (χ4v) is 1.14. The zero-order valence-electron chi connectivity index (χ0n) is 7.30. The number of carbonyl (C=O) groups is 1. The smallest absolute Gasteiger partial charge is 0.176 e. The normalized spacial score (nSPS) is 9.77. The summed E-state index contributed by atoms with van der Waals surface area (Å²) in [5.41, 5.74) is 0.416. The largest absolute Gasteiger partial charge is 0.503 e.